The summed E-state index contributed by atoms with van der Waals surface area (Å²) in [6.07, 6.45) is 0. The first-order valence-electron chi connectivity index (χ1n) is 8.90. The maximum Gasteiger partial charge on any atom is 0.232 e. The third-order valence-corrected chi connectivity index (χ3v) is 5.54. The summed E-state index contributed by atoms with van der Waals surface area (Å²) >= 11 is 1.74. The zero-order valence-corrected chi connectivity index (χ0v) is 15.6. The Labute approximate surface area is 162 Å². The van der Waals surface area contributed by atoms with Crippen LogP contribution in [0.3, 0.4) is 0 Å². The van der Waals surface area contributed by atoms with E-state index < -0.39 is 0 Å². The molecule has 3 heterocycles. The lowest BCUT2D eigenvalue weighted by atomic mass is 10.2. The molecule has 27 heavy (non-hydrogen) atoms. The van der Waals surface area contributed by atoms with Gasteiger partial charge < -0.3 is 14.5 Å². The molecule has 0 unspecified atom stereocenters. The number of morpholine rings is 1. The van der Waals surface area contributed by atoms with Crippen molar-refractivity contribution in [2.75, 3.05) is 38.2 Å². The predicted octanol–water partition coefficient (Wildman–Crippen LogP) is 3.76. The lowest BCUT2D eigenvalue weighted by Crippen LogP contribution is -2.41. The normalized spacial score (nSPS) is 16.0. The van der Waals surface area contributed by atoms with Gasteiger partial charge in [-0.1, -0.05) is 24.3 Å². The lowest BCUT2D eigenvalue weighted by Gasteiger charge is -2.34. The number of thiophene rings is 1. The van der Waals surface area contributed by atoms with Crippen LogP contribution >= 0.6 is 11.3 Å². The zero-order valence-electron chi connectivity index (χ0n) is 14.8. The van der Waals surface area contributed by atoms with Gasteiger partial charge in [-0.2, -0.15) is 10.2 Å². The molecule has 0 bridgehead atoms. The SMILES string of the molecule is N#Cc1nc(-c2ccccc2)oc1NC[C@H](c1cccs1)N1CCOCC1. The molecule has 1 atom stereocenters. The first-order valence-corrected chi connectivity index (χ1v) is 9.78. The summed E-state index contributed by atoms with van der Waals surface area (Å²) in [6, 6.07) is 16.1. The van der Waals surface area contributed by atoms with Gasteiger partial charge in [0, 0.05) is 30.1 Å². The Morgan fingerprint density at radius 3 is 2.70 bits per heavy atom. The summed E-state index contributed by atoms with van der Waals surface area (Å²) in [7, 11) is 0. The van der Waals surface area contributed by atoms with Crippen LogP contribution in [0, 0.1) is 11.3 Å². The van der Waals surface area contributed by atoms with Gasteiger partial charge in [0.25, 0.3) is 0 Å². The van der Waals surface area contributed by atoms with E-state index in [0.29, 0.717) is 18.3 Å². The number of rotatable bonds is 6. The maximum absolute atomic E-state index is 9.44. The molecule has 1 N–H and O–H groups in total. The maximum atomic E-state index is 9.44. The minimum atomic E-state index is 0.200. The van der Waals surface area contributed by atoms with Gasteiger partial charge in [0.1, 0.15) is 6.07 Å². The van der Waals surface area contributed by atoms with Gasteiger partial charge in [-0.3, -0.25) is 4.90 Å². The Morgan fingerprint density at radius 1 is 1.19 bits per heavy atom. The van der Waals surface area contributed by atoms with Gasteiger partial charge in [0.15, 0.2) is 0 Å². The van der Waals surface area contributed by atoms with Crippen molar-refractivity contribution < 1.29 is 9.15 Å². The first kappa shape index (κ1) is 17.7. The minimum Gasteiger partial charge on any atom is -0.419 e. The average Bonchev–Trinajstić information content (AvgIpc) is 3.40. The summed E-state index contributed by atoms with van der Waals surface area (Å²) in [6.45, 7) is 3.90. The van der Waals surface area contributed by atoms with Gasteiger partial charge in [-0.15, -0.1) is 11.3 Å². The van der Waals surface area contributed by atoms with Crippen molar-refractivity contribution in [2.45, 2.75) is 6.04 Å². The molecule has 1 aliphatic rings. The molecule has 6 nitrogen and oxygen atoms in total. The Hall–Kier alpha value is -2.66. The van der Waals surface area contributed by atoms with Crippen molar-refractivity contribution in [3.05, 3.63) is 58.4 Å². The molecule has 0 amide bonds. The molecule has 1 saturated heterocycles. The highest BCUT2D eigenvalue weighted by Gasteiger charge is 2.24. The number of anilines is 1. The number of oxazole rings is 1. The fourth-order valence-electron chi connectivity index (χ4n) is 3.19. The Bertz CT molecular complexity index is 896. The number of nitrogens with zero attached hydrogens (tertiary/aromatic N) is 3. The second-order valence-corrected chi connectivity index (χ2v) is 7.21. The lowest BCUT2D eigenvalue weighted by molar-refractivity contribution is 0.0193. The van der Waals surface area contributed by atoms with Gasteiger partial charge in [0.2, 0.25) is 17.5 Å². The van der Waals surface area contributed by atoms with Crippen molar-refractivity contribution in [1.82, 2.24) is 9.88 Å². The highest BCUT2D eigenvalue weighted by Crippen LogP contribution is 2.29. The van der Waals surface area contributed by atoms with Gasteiger partial charge >= 0.3 is 0 Å². The van der Waals surface area contributed by atoms with E-state index in [0.717, 1.165) is 31.9 Å². The van der Waals surface area contributed by atoms with Gasteiger partial charge in [-0.05, 0) is 23.6 Å². The van der Waals surface area contributed by atoms with Crippen LogP contribution in [0.1, 0.15) is 16.6 Å². The number of ether oxygens (including phenoxy) is 1. The molecule has 4 rings (SSSR count). The number of benzene rings is 1. The first-order chi connectivity index (χ1) is 13.3. The van der Waals surface area contributed by atoms with Crippen LogP contribution in [0.5, 0.6) is 0 Å². The van der Waals surface area contributed by atoms with Crippen LogP contribution in [0.15, 0.2) is 52.3 Å². The number of hydrogen-bond donors (Lipinski definition) is 1. The second-order valence-electron chi connectivity index (χ2n) is 6.24. The molecule has 0 radical (unpaired) electrons. The van der Waals surface area contributed by atoms with E-state index in [1.165, 1.54) is 4.88 Å². The van der Waals surface area contributed by atoms with Gasteiger partial charge in [0.05, 0.1) is 19.3 Å². The molecule has 138 valence electrons. The number of hydrogen-bond acceptors (Lipinski definition) is 7. The van der Waals surface area contributed by atoms with Gasteiger partial charge in [-0.25, -0.2) is 0 Å². The molecule has 7 heteroatoms. The Balaban J connectivity index is 1.54. The standard InChI is InChI=1S/C20H20N4O2S/c21-13-16-20(26-19(23-16)15-5-2-1-3-6-15)22-14-17(18-7-4-12-27-18)24-8-10-25-11-9-24/h1-7,12,17,22H,8-11,14H2/t17-/m1/s1. The van der Waals surface area contributed by atoms with Crippen LogP contribution in [0.2, 0.25) is 0 Å². The molecule has 0 spiro atoms. The third-order valence-electron chi connectivity index (χ3n) is 4.57. The molecule has 1 aromatic carbocycles. The van der Waals surface area contributed by atoms with Crippen LogP contribution < -0.4 is 5.32 Å². The van der Waals surface area contributed by atoms with Crippen molar-refractivity contribution >= 4 is 17.2 Å². The van der Waals surface area contributed by atoms with E-state index in [1.54, 1.807) is 11.3 Å². The molecule has 0 saturated carbocycles. The summed E-state index contributed by atoms with van der Waals surface area (Å²) < 4.78 is 11.4. The van der Waals surface area contributed by atoms with Crippen molar-refractivity contribution in [3.8, 4) is 17.5 Å². The molecule has 3 aromatic rings. The largest absolute Gasteiger partial charge is 0.419 e. The summed E-state index contributed by atoms with van der Waals surface area (Å²) in [4.78, 5) is 8.02. The summed E-state index contributed by atoms with van der Waals surface area (Å²) in [5, 5.41) is 14.8. The molecule has 1 fully saturated rings. The predicted molar refractivity (Wildman–Crippen MR) is 105 cm³/mol. The topological polar surface area (TPSA) is 74.3 Å². The molecule has 1 aliphatic heterocycles. The van der Waals surface area contributed by atoms with E-state index in [9.17, 15) is 5.26 Å². The van der Waals surface area contributed by atoms with E-state index in [-0.39, 0.29) is 11.7 Å². The average molecular weight is 380 g/mol. The van der Waals surface area contributed by atoms with Crippen molar-refractivity contribution in [1.29, 1.82) is 5.26 Å². The number of nitrogens with one attached hydrogen (secondary N) is 1. The summed E-state index contributed by atoms with van der Waals surface area (Å²) in [5.41, 5.74) is 1.13. The van der Waals surface area contributed by atoms with Crippen molar-refractivity contribution in [3.63, 3.8) is 0 Å². The third kappa shape index (κ3) is 4.03. The number of aromatic nitrogens is 1. The zero-order chi connectivity index (χ0) is 18.5. The van der Waals surface area contributed by atoms with E-state index >= 15 is 0 Å². The second kappa shape index (κ2) is 8.35. The monoisotopic (exact) mass is 380 g/mol. The van der Waals surface area contributed by atoms with E-state index in [2.05, 4.69) is 38.8 Å². The van der Waals surface area contributed by atoms with Crippen LogP contribution in [0.25, 0.3) is 11.5 Å². The van der Waals surface area contributed by atoms with Crippen LogP contribution in [0.4, 0.5) is 5.88 Å². The quantitative estimate of drug-likeness (QED) is 0.702. The molecular formula is C20H20N4O2S. The van der Waals surface area contributed by atoms with E-state index in [1.807, 2.05) is 30.3 Å². The summed E-state index contributed by atoms with van der Waals surface area (Å²) in [5.74, 6) is 0.875. The van der Waals surface area contributed by atoms with Crippen molar-refractivity contribution in [2.24, 2.45) is 0 Å². The molecular weight excluding hydrogens is 360 g/mol. The fraction of sp³-hybridized carbons (Fsp3) is 0.300. The molecule has 0 aliphatic carbocycles. The number of nitriles is 1. The highest BCUT2D eigenvalue weighted by molar-refractivity contribution is 7.10. The smallest absolute Gasteiger partial charge is 0.232 e. The highest BCUT2D eigenvalue weighted by atomic mass is 32.1. The molecule has 2 aromatic heterocycles. The Kier molecular flexibility index (Phi) is 5.49. The van der Waals surface area contributed by atoms with Crippen LogP contribution in [-0.4, -0.2) is 42.7 Å². The Morgan fingerprint density at radius 2 is 2.00 bits per heavy atom. The minimum absolute atomic E-state index is 0.200. The van der Waals surface area contributed by atoms with E-state index in [4.69, 9.17) is 9.15 Å². The van der Waals surface area contributed by atoms with Crippen LogP contribution in [-0.2, 0) is 4.74 Å². The fourth-order valence-corrected chi connectivity index (χ4v) is 4.05.